The summed E-state index contributed by atoms with van der Waals surface area (Å²) in [6.45, 7) is 8.21. The summed E-state index contributed by atoms with van der Waals surface area (Å²) >= 11 is 3.57. The third-order valence-corrected chi connectivity index (χ3v) is 5.08. The van der Waals surface area contributed by atoms with Gasteiger partial charge in [-0.2, -0.15) is 0 Å². The zero-order valence-corrected chi connectivity index (χ0v) is 15.4. The minimum absolute atomic E-state index is 0.108. The zero-order chi connectivity index (χ0) is 16.1. The van der Waals surface area contributed by atoms with E-state index in [1.54, 1.807) is 0 Å². The molecule has 22 heavy (non-hydrogen) atoms. The van der Waals surface area contributed by atoms with Crippen molar-refractivity contribution >= 4 is 21.8 Å². The molecule has 0 unspecified atom stereocenters. The number of ether oxygens (including phenoxy) is 1. The second kappa shape index (κ2) is 8.00. The summed E-state index contributed by atoms with van der Waals surface area (Å²) in [7, 11) is 0. The van der Waals surface area contributed by atoms with Gasteiger partial charge in [0.05, 0.1) is 0 Å². The van der Waals surface area contributed by atoms with E-state index in [1.165, 1.54) is 12.8 Å². The van der Waals surface area contributed by atoms with Crippen molar-refractivity contribution in [3.05, 3.63) is 27.7 Å². The van der Waals surface area contributed by atoms with Crippen LogP contribution in [0.25, 0.3) is 0 Å². The Labute approximate surface area is 142 Å². The number of amides is 1. The van der Waals surface area contributed by atoms with Crippen LogP contribution in [0.4, 0.5) is 0 Å². The highest BCUT2D eigenvalue weighted by atomic mass is 79.9. The molecule has 0 saturated carbocycles. The fraction of sp³-hybridized carbons (Fsp3) is 0.611. The molecule has 0 N–H and O–H groups in total. The van der Waals surface area contributed by atoms with E-state index in [4.69, 9.17) is 4.74 Å². The van der Waals surface area contributed by atoms with Crippen LogP contribution in [0.3, 0.4) is 0 Å². The van der Waals surface area contributed by atoms with Gasteiger partial charge >= 0.3 is 0 Å². The Hall–Kier alpha value is -1.03. The number of benzene rings is 1. The van der Waals surface area contributed by atoms with Crippen LogP contribution in [0.2, 0.25) is 0 Å². The van der Waals surface area contributed by atoms with Crippen molar-refractivity contribution < 1.29 is 9.53 Å². The maximum absolute atomic E-state index is 12.3. The predicted octanol–water partition coefficient (Wildman–Crippen LogP) is 4.66. The Balaban J connectivity index is 2.04. The van der Waals surface area contributed by atoms with Crippen molar-refractivity contribution in [1.82, 2.24) is 4.90 Å². The molecule has 0 spiro atoms. The normalized spacial score (nSPS) is 15.8. The summed E-state index contributed by atoms with van der Waals surface area (Å²) in [4.78, 5) is 14.3. The number of halogens is 1. The monoisotopic (exact) mass is 367 g/mol. The molecule has 3 nitrogen and oxygen atoms in total. The third kappa shape index (κ3) is 4.48. The molecule has 0 radical (unpaired) electrons. The first-order valence-corrected chi connectivity index (χ1v) is 8.99. The number of hydrogen-bond donors (Lipinski definition) is 0. The number of likely N-dealkylation sites (tertiary alicyclic amines) is 1. The van der Waals surface area contributed by atoms with Crippen LogP contribution in [0, 0.1) is 6.92 Å². The van der Waals surface area contributed by atoms with Gasteiger partial charge in [-0.3, -0.25) is 4.79 Å². The molecular formula is C18H26BrNO2. The maximum Gasteiger partial charge on any atom is 0.260 e. The summed E-state index contributed by atoms with van der Waals surface area (Å²) in [6, 6.07) is 4.13. The van der Waals surface area contributed by atoms with Gasteiger partial charge in [0.2, 0.25) is 0 Å². The van der Waals surface area contributed by atoms with Gasteiger partial charge in [-0.15, -0.1) is 0 Å². The third-order valence-electron chi connectivity index (χ3n) is 4.22. The molecule has 1 saturated heterocycles. The first-order chi connectivity index (χ1) is 10.5. The molecule has 4 heteroatoms. The molecule has 2 rings (SSSR count). The second-order valence-corrected chi connectivity index (χ2v) is 7.23. The highest BCUT2D eigenvalue weighted by Gasteiger charge is 2.17. The van der Waals surface area contributed by atoms with Crippen molar-refractivity contribution in [2.24, 2.45) is 0 Å². The Morgan fingerprint density at radius 3 is 2.45 bits per heavy atom. The molecular weight excluding hydrogens is 342 g/mol. The van der Waals surface area contributed by atoms with E-state index in [-0.39, 0.29) is 12.5 Å². The van der Waals surface area contributed by atoms with Crippen LogP contribution in [-0.2, 0) is 4.79 Å². The van der Waals surface area contributed by atoms with Crippen LogP contribution < -0.4 is 4.74 Å². The summed E-state index contributed by atoms with van der Waals surface area (Å²) in [6.07, 6.45) is 4.68. The van der Waals surface area contributed by atoms with Gasteiger partial charge in [-0.25, -0.2) is 0 Å². The lowest BCUT2D eigenvalue weighted by molar-refractivity contribution is -0.133. The number of aryl methyl sites for hydroxylation is 1. The van der Waals surface area contributed by atoms with E-state index >= 15 is 0 Å². The van der Waals surface area contributed by atoms with Gasteiger partial charge < -0.3 is 9.64 Å². The Kier molecular flexibility index (Phi) is 6.30. The van der Waals surface area contributed by atoms with Crippen molar-refractivity contribution in [2.75, 3.05) is 19.7 Å². The number of carbonyl (C=O) groups is 1. The Bertz CT molecular complexity index is 520. The highest BCUT2D eigenvalue weighted by molar-refractivity contribution is 9.10. The van der Waals surface area contributed by atoms with E-state index in [0.717, 1.165) is 47.3 Å². The summed E-state index contributed by atoms with van der Waals surface area (Å²) in [5, 5.41) is 0. The van der Waals surface area contributed by atoms with Gasteiger partial charge in [0, 0.05) is 17.6 Å². The van der Waals surface area contributed by atoms with Crippen LogP contribution in [0.1, 0.15) is 56.6 Å². The minimum atomic E-state index is 0.108. The highest BCUT2D eigenvalue weighted by Crippen LogP contribution is 2.32. The number of nitrogens with zero attached hydrogens (tertiary/aromatic N) is 1. The molecule has 0 bridgehead atoms. The van der Waals surface area contributed by atoms with Crippen molar-refractivity contribution in [3.8, 4) is 5.75 Å². The standard InChI is InChI=1S/C18H26BrNO2/c1-13(2)15-11-16(19)14(3)10-17(15)22-12-18(21)20-8-6-4-5-7-9-20/h10-11,13H,4-9,12H2,1-3H3. The predicted molar refractivity (Wildman–Crippen MR) is 93.5 cm³/mol. The lowest BCUT2D eigenvalue weighted by Crippen LogP contribution is -2.35. The van der Waals surface area contributed by atoms with Crippen LogP contribution >= 0.6 is 15.9 Å². The first kappa shape index (κ1) is 17.3. The number of carbonyl (C=O) groups excluding carboxylic acids is 1. The van der Waals surface area contributed by atoms with E-state index in [9.17, 15) is 4.79 Å². The molecule has 1 aromatic carbocycles. The summed E-state index contributed by atoms with van der Waals surface area (Å²) in [5.41, 5.74) is 2.27. The summed E-state index contributed by atoms with van der Waals surface area (Å²) in [5.74, 6) is 1.30. The summed E-state index contributed by atoms with van der Waals surface area (Å²) < 4.78 is 6.96. The van der Waals surface area contributed by atoms with E-state index < -0.39 is 0 Å². The lowest BCUT2D eigenvalue weighted by Gasteiger charge is -2.21. The minimum Gasteiger partial charge on any atom is -0.483 e. The van der Waals surface area contributed by atoms with Crippen LogP contribution in [0.15, 0.2) is 16.6 Å². The fourth-order valence-electron chi connectivity index (χ4n) is 2.80. The molecule has 122 valence electrons. The average molecular weight is 368 g/mol. The molecule has 1 heterocycles. The smallest absolute Gasteiger partial charge is 0.260 e. The molecule has 1 aliphatic heterocycles. The van der Waals surface area contributed by atoms with Gasteiger partial charge in [0.15, 0.2) is 6.61 Å². The molecule has 1 aromatic rings. The van der Waals surface area contributed by atoms with Crippen molar-refractivity contribution in [3.63, 3.8) is 0 Å². The average Bonchev–Trinajstić information content (AvgIpc) is 2.76. The Morgan fingerprint density at radius 2 is 1.86 bits per heavy atom. The molecule has 1 amide bonds. The molecule has 0 aliphatic carbocycles. The molecule has 1 aliphatic rings. The zero-order valence-electron chi connectivity index (χ0n) is 13.8. The van der Waals surface area contributed by atoms with E-state index in [0.29, 0.717) is 5.92 Å². The van der Waals surface area contributed by atoms with E-state index in [2.05, 4.69) is 35.8 Å². The Morgan fingerprint density at radius 1 is 1.23 bits per heavy atom. The largest absolute Gasteiger partial charge is 0.483 e. The first-order valence-electron chi connectivity index (χ1n) is 8.19. The van der Waals surface area contributed by atoms with Gasteiger partial charge in [0.25, 0.3) is 5.91 Å². The number of hydrogen-bond acceptors (Lipinski definition) is 2. The SMILES string of the molecule is Cc1cc(OCC(=O)N2CCCCCC2)c(C(C)C)cc1Br. The van der Waals surface area contributed by atoms with Gasteiger partial charge in [-0.05, 0) is 48.9 Å². The van der Waals surface area contributed by atoms with Crippen LogP contribution in [0.5, 0.6) is 5.75 Å². The van der Waals surface area contributed by atoms with Crippen molar-refractivity contribution in [1.29, 1.82) is 0 Å². The molecule has 0 atom stereocenters. The fourth-order valence-corrected chi connectivity index (χ4v) is 3.16. The van der Waals surface area contributed by atoms with E-state index in [1.807, 2.05) is 17.9 Å². The maximum atomic E-state index is 12.3. The van der Waals surface area contributed by atoms with Crippen molar-refractivity contribution in [2.45, 2.75) is 52.4 Å². The molecule has 1 fully saturated rings. The number of rotatable bonds is 4. The van der Waals surface area contributed by atoms with Gasteiger partial charge in [-0.1, -0.05) is 42.6 Å². The van der Waals surface area contributed by atoms with Crippen LogP contribution in [-0.4, -0.2) is 30.5 Å². The lowest BCUT2D eigenvalue weighted by atomic mass is 10.0. The molecule has 0 aromatic heterocycles. The quantitative estimate of drug-likeness (QED) is 0.774. The topological polar surface area (TPSA) is 29.5 Å². The second-order valence-electron chi connectivity index (χ2n) is 6.38. The van der Waals surface area contributed by atoms with Gasteiger partial charge in [0.1, 0.15) is 5.75 Å².